The number of fused-ring (bicyclic) bond motifs is 7. The second-order valence-electron chi connectivity index (χ2n) is 15.2. The number of hydrogen-bond acceptors (Lipinski definition) is 5. The molecular formula is C52H35N3O2. The minimum atomic E-state index is -0.124. The first-order chi connectivity index (χ1) is 28.0. The van der Waals surface area contributed by atoms with Crippen LogP contribution in [0.25, 0.3) is 78.3 Å². The van der Waals surface area contributed by atoms with Crippen LogP contribution in [0, 0.1) is 0 Å². The molecule has 2 heterocycles. The Hall–Kier alpha value is -7.37. The lowest BCUT2D eigenvalue weighted by molar-refractivity contribution is 0.360. The van der Waals surface area contributed by atoms with Gasteiger partial charge in [-0.3, -0.25) is 0 Å². The molecule has 1 aromatic heterocycles. The Bertz CT molecular complexity index is 3050. The third kappa shape index (κ3) is 5.42. The van der Waals surface area contributed by atoms with Crippen molar-refractivity contribution in [1.29, 1.82) is 0 Å². The van der Waals surface area contributed by atoms with E-state index in [-0.39, 0.29) is 5.41 Å². The van der Waals surface area contributed by atoms with E-state index >= 15 is 0 Å². The Morgan fingerprint density at radius 2 is 0.965 bits per heavy atom. The molecule has 11 rings (SSSR count). The van der Waals surface area contributed by atoms with Crippen LogP contribution in [-0.4, -0.2) is 15.0 Å². The van der Waals surface area contributed by atoms with Gasteiger partial charge in [0.05, 0.1) is 0 Å². The molecule has 270 valence electrons. The van der Waals surface area contributed by atoms with Gasteiger partial charge in [0.1, 0.15) is 0 Å². The molecule has 0 fully saturated rings. The van der Waals surface area contributed by atoms with Crippen molar-refractivity contribution in [3.8, 4) is 90.5 Å². The molecule has 0 atom stereocenters. The summed E-state index contributed by atoms with van der Waals surface area (Å²) in [6.07, 6.45) is 0. The highest BCUT2D eigenvalue weighted by Gasteiger charge is 2.39. The average molecular weight is 734 g/mol. The summed E-state index contributed by atoms with van der Waals surface area (Å²) in [4.78, 5) is 15.3. The minimum Gasteiger partial charge on any atom is -0.449 e. The zero-order valence-electron chi connectivity index (χ0n) is 31.4. The first-order valence-corrected chi connectivity index (χ1v) is 19.3. The van der Waals surface area contributed by atoms with Crippen LogP contribution in [0.15, 0.2) is 176 Å². The molecule has 5 heteroatoms. The number of hydrogen-bond donors (Lipinski definition) is 0. The summed E-state index contributed by atoms with van der Waals surface area (Å²) in [5.41, 5.74) is 11.8. The number of benzene rings is 8. The molecule has 0 amide bonds. The molecule has 1 aliphatic heterocycles. The third-order valence-electron chi connectivity index (χ3n) is 11.4. The predicted octanol–water partition coefficient (Wildman–Crippen LogP) is 13.6. The van der Waals surface area contributed by atoms with Crippen molar-refractivity contribution < 1.29 is 9.47 Å². The Morgan fingerprint density at radius 3 is 1.77 bits per heavy atom. The quantitative estimate of drug-likeness (QED) is 0.176. The van der Waals surface area contributed by atoms with E-state index in [2.05, 4.69) is 141 Å². The Morgan fingerprint density at radius 1 is 0.368 bits per heavy atom. The highest BCUT2D eigenvalue weighted by molar-refractivity contribution is 6.04. The first kappa shape index (κ1) is 33.0. The van der Waals surface area contributed by atoms with Crippen LogP contribution in [-0.2, 0) is 5.41 Å². The van der Waals surface area contributed by atoms with Crippen LogP contribution in [0.3, 0.4) is 0 Å². The molecule has 0 saturated heterocycles. The van der Waals surface area contributed by atoms with Crippen LogP contribution in [0.1, 0.15) is 25.0 Å². The SMILES string of the molecule is CC1(C)c2ccccc2-c2c1ccc1c2Oc2ccc(-c3cccc(-c4nc(-c5ccccc5)nc(-c5ccc(-c6ccccc6)c6ccccc56)n4)c3)cc2O1. The van der Waals surface area contributed by atoms with Gasteiger partial charge in [0.25, 0.3) is 0 Å². The maximum atomic E-state index is 6.68. The van der Waals surface area contributed by atoms with Crippen LogP contribution < -0.4 is 9.47 Å². The van der Waals surface area contributed by atoms with Crippen molar-refractivity contribution in [2.45, 2.75) is 19.3 Å². The summed E-state index contributed by atoms with van der Waals surface area (Å²) < 4.78 is 13.3. The van der Waals surface area contributed by atoms with Gasteiger partial charge in [0, 0.05) is 27.7 Å². The van der Waals surface area contributed by atoms with Gasteiger partial charge >= 0.3 is 0 Å². The first-order valence-electron chi connectivity index (χ1n) is 19.3. The smallest absolute Gasteiger partial charge is 0.178 e. The summed E-state index contributed by atoms with van der Waals surface area (Å²) in [5, 5.41) is 2.23. The predicted molar refractivity (Wildman–Crippen MR) is 229 cm³/mol. The van der Waals surface area contributed by atoms with E-state index in [0.717, 1.165) is 55.7 Å². The zero-order valence-corrected chi connectivity index (χ0v) is 31.4. The van der Waals surface area contributed by atoms with E-state index < -0.39 is 0 Å². The van der Waals surface area contributed by atoms with E-state index in [1.54, 1.807) is 0 Å². The van der Waals surface area contributed by atoms with Gasteiger partial charge in [-0.2, -0.15) is 0 Å². The molecule has 0 N–H and O–H groups in total. The normalized spacial score (nSPS) is 13.2. The lowest BCUT2D eigenvalue weighted by Gasteiger charge is -2.25. The molecule has 8 aromatic carbocycles. The highest BCUT2D eigenvalue weighted by Crippen LogP contribution is 2.58. The van der Waals surface area contributed by atoms with E-state index in [9.17, 15) is 0 Å². The van der Waals surface area contributed by atoms with Gasteiger partial charge in [-0.15, -0.1) is 0 Å². The largest absolute Gasteiger partial charge is 0.449 e. The van der Waals surface area contributed by atoms with Gasteiger partial charge in [0.15, 0.2) is 40.5 Å². The molecule has 57 heavy (non-hydrogen) atoms. The summed E-state index contributed by atoms with van der Waals surface area (Å²) in [6.45, 7) is 4.54. The van der Waals surface area contributed by atoms with Crippen molar-refractivity contribution in [2.24, 2.45) is 0 Å². The standard InChI is InChI=1S/C52H35N3O2/c1-52(2)42-23-12-11-22-41(42)47-43(52)27-29-45-48(47)57-44-28-24-35(31-46(44)56-45)34-18-13-19-36(30-34)50-53-49(33-16-7-4-8-17-33)54-51(55-50)40-26-25-37(32-14-5-3-6-15-32)38-20-9-10-21-39(38)40/h3-31H,1-2H3. The number of nitrogens with zero attached hydrogens (tertiary/aromatic N) is 3. The summed E-state index contributed by atoms with van der Waals surface area (Å²) in [5.74, 6) is 4.70. The molecule has 9 aromatic rings. The van der Waals surface area contributed by atoms with Crippen LogP contribution in [0.5, 0.6) is 23.0 Å². The van der Waals surface area contributed by atoms with Crippen LogP contribution in [0.2, 0.25) is 0 Å². The molecule has 0 spiro atoms. The lowest BCUT2D eigenvalue weighted by Crippen LogP contribution is -2.15. The molecule has 0 saturated carbocycles. The fourth-order valence-electron chi connectivity index (χ4n) is 8.55. The Balaban J connectivity index is 0.984. The maximum Gasteiger partial charge on any atom is 0.178 e. The van der Waals surface area contributed by atoms with Gasteiger partial charge in [-0.1, -0.05) is 159 Å². The van der Waals surface area contributed by atoms with Gasteiger partial charge in [-0.05, 0) is 80.0 Å². The van der Waals surface area contributed by atoms with Crippen molar-refractivity contribution in [3.05, 3.63) is 187 Å². The highest BCUT2D eigenvalue weighted by atomic mass is 16.6. The molecule has 0 unspecified atom stereocenters. The fraction of sp³-hybridized carbons (Fsp3) is 0.0577. The Labute approximate surface area is 330 Å². The summed E-state index contributed by atoms with van der Waals surface area (Å²) in [6, 6.07) is 60.7. The minimum absolute atomic E-state index is 0.124. The number of rotatable bonds is 5. The summed E-state index contributed by atoms with van der Waals surface area (Å²) in [7, 11) is 0. The van der Waals surface area contributed by atoms with Crippen LogP contribution in [0.4, 0.5) is 0 Å². The number of aromatic nitrogens is 3. The Kier molecular flexibility index (Phi) is 7.45. The van der Waals surface area contributed by atoms with Crippen molar-refractivity contribution in [3.63, 3.8) is 0 Å². The third-order valence-corrected chi connectivity index (χ3v) is 11.4. The topological polar surface area (TPSA) is 57.1 Å². The van der Waals surface area contributed by atoms with Crippen molar-refractivity contribution >= 4 is 10.8 Å². The van der Waals surface area contributed by atoms with E-state index in [1.165, 1.54) is 27.8 Å². The fourth-order valence-corrected chi connectivity index (χ4v) is 8.55. The maximum absolute atomic E-state index is 6.68. The van der Waals surface area contributed by atoms with Crippen molar-refractivity contribution in [2.75, 3.05) is 0 Å². The van der Waals surface area contributed by atoms with E-state index in [4.69, 9.17) is 24.4 Å². The van der Waals surface area contributed by atoms with Gasteiger partial charge < -0.3 is 9.47 Å². The molecule has 5 nitrogen and oxygen atoms in total. The van der Waals surface area contributed by atoms with Crippen LogP contribution >= 0.6 is 0 Å². The molecule has 1 aliphatic carbocycles. The second-order valence-corrected chi connectivity index (χ2v) is 15.2. The average Bonchev–Trinajstić information content (AvgIpc) is 3.51. The molecule has 0 radical (unpaired) electrons. The van der Waals surface area contributed by atoms with Gasteiger partial charge in [0.2, 0.25) is 0 Å². The molecule has 0 bridgehead atoms. The van der Waals surface area contributed by atoms with Gasteiger partial charge in [-0.25, -0.2) is 15.0 Å². The molecular weight excluding hydrogens is 699 g/mol. The van der Waals surface area contributed by atoms with E-state index in [0.29, 0.717) is 29.0 Å². The second kappa shape index (κ2) is 12.9. The molecule has 2 aliphatic rings. The van der Waals surface area contributed by atoms with Crippen molar-refractivity contribution in [1.82, 2.24) is 15.0 Å². The summed E-state index contributed by atoms with van der Waals surface area (Å²) >= 11 is 0. The zero-order chi connectivity index (χ0) is 38.1. The van der Waals surface area contributed by atoms with E-state index in [1.807, 2.05) is 48.5 Å². The lowest BCUT2D eigenvalue weighted by atomic mass is 9.82. The monoisotopic (exact) mass is 733 g/mol. The number of ether oxygens (including phenoxy) is 2.